The van der Waals surface area contributed by atoms with Crippen molar-refractivity contribution in [3.05, 3.63) is 59.2 Å². The maximum absolute atomic E-state index is 12.3. The number of hydrogen-bond acceptors (Lipinski definition) is 3. The highest BCUT2D eigenvalue weighted by atomic mass is 32.2. The molecule has 6 heteroatoms. The second kappa shape index (κ2) is 5.67. The summed E-state index contributed by atoms with van der Waals surface area (Å²) in [7, 11) is -3.89. The third-order valence-corrected chi connectivity index (χ3v) is 4.26. The molecule has 3 N–H and O–H groups in total. The van der Waals surface area contributed by atoms with Gasteiger partial charge in [0.2, 0.25) is 10.0 Å². The molecule has 2 aromatic rings. The first-order valence-electron chi connectivity index (χ1n) is 6.30. The average Bonchev–Trinajstić information content (AvgIpc) is 2.41. The molecule has 0 saturated carbocycles. The zero-order valence-electron chi connectivity index (χ0n) is 11.8. The lowest BCUT2D eigenvalue weighted by Gasteiger charge is -2.12. The van der Waals surface area contributed by atoms with E-state index in [1.54, 1.807) is 24.3 Å². The van der Waals surface area contributed by atoms with Crippen LogP contribution in [0.15, 0.2) is 47.4 Å². The van der Waals surface area contributed by atoms with Crippen LogP contribution in [0.3, 0.4) is 0 Å². The van der Waals surface area contributed by atoms with Gasteiger partial charge in [0.25, 0.3) is 5.91 Å². The van der Waals surface area contributed by atoms with E-state index in [-0.39, 0.29) is 16.5 Å². The minimum atomic E-state index is -3.89. The smallest absolute Gasteiger partial charge is 0.255 e. The van der Waals surface area contributed by atoms with Crippen LogP contribution in [0.1, 0.15) is 21.5 Å². The van der Waals surface area contributed by atoms with Crippen molar-refractivity contribution in [1.82, 2.24) is 0 Å². The van der Waals surface area contributed by atoms with Crippen molar-refractivity contribution in [2.24, 2.45) is 5.14 Å². The Morgan fingerprint density at radius 3 is 2.38 bits per heavy atom. The summed E-state index contributed by atoms with van der Waals surface area (Å²) in [6, 6.07) is 11.4. The summed E-state index contributed by atoms with van der Waals surface area (Å²) >= 11 is 0. The molecular weight excluding hydrogens is 288 g/mol. The van der Waals surface area contributed by atoms with Crippen LogP contribution in [0.2, 0.25) is 0 Å². The molecule has 0 saturated heterocycles. The minimum Gasteiger partial charge on any atom is -0.321 e. The van der Waals surface area contributed by atoms with Gasteiger partial charge in [0.05, 0.1) is 5.69 Å². The maximum Gasteiger partial charge on any atom is 0.255 e. The average molecular weight is 304 g/mol. The monoisotopic (exact) mass is 304 g/mol. The Morgan fingerprint density at radius 1 is 1.05 bits per heavy atom. The first-order valence-corrected chi connectivity index (χ1v) is 7.84. The fraction of sp³-hybridized carbons (Fsp3) is 0.133. The summed E-state index contributed by atoms with van der Waals surface area (Å²) in [4.78, 5) is 12.2. The predicted octanol–water partition coefficient (Wildman–Crippen LogP) is 2.20. The Kier molecular flexibility index (Phi) is 4.11. The molecule has 0 radical (unpaired) electrons. The van der Waals surface area contributed by atoms with Crippen molar-refractivity contribution < 1.29 is 13.2 Å². The highest BCUT2D eigenvalue weighted by molar-refractivity contribution is 7.89. The van der Waals surface area contributed by atoms with Crippen LogP contribution in [0.5, 0.6) is 0 Å². The number of amides is 1. The number of nitrogens with one attached hydrogen (secondary N) is 1. The lowest BCUT2D eigenvalue weighted by Crippen LogP contribution is -2.19. The van der Waals surface area contributed by atoms with Crippen LogP contribution >= 0.6 is 0 Å². The topological polar surface area (TPSA) is 89.3 Å². The number of anilines is 1. The first kappa shape index (κ1) is 15.2. The van der Waals surface area contributed by atoms with Crippen molar-refractivity contribution in [1.29, 1.82) is 0 Å². The molecule has 0 bridgehead atoms. The summed E-state index contributed by atoms with van der Waals surface area (Å²) in [6.45, 7) is 3.75. The number of aryl methyl sites for hydroxylation is 1. The molecule has 0 unspecified atom stereocenters. The number of benzene rings is 2. The molecule has 0 atom stereocenters. The molecule has 2 aromatic carbocycles. The Labute approximate surface area is 123 Å². The quantitative estimate of drug-likeness (QED) is 0.911. The van der Waals surface area contributed by atoms with Crippen LogP contribution in [0, 0.1) is 13.8 Å². The van der Waals surface area contributed by atoms with Gasteiger partial charge in [-0.15, -0.1) is 0 Å². The molecule has 0 heterocycles. The largest absolute Gasteiger partial charge is 0.321 e. The van der Waals surface area contributed by atoms with Gasteiger partial charge in [-0.1, -0.05) is 24.3 Å². The second-order valence-electron chi connectivity index (χ2n) is 4.74. The van der Waals surface area contributed by atoms with Gasteiger partial charge in [-0.05, 0) is 43.2 Å². The zero-order valence-corrected chi connectivity index (χ0v) is 12.6. The Hall–Kier alpha value is -2.18. The van der Waals surface area contributed by atoms with E-state index < -0.39 is 10.0 Å². The summed E-state index contributed by atoms with van der Waals surface area (Å²) in [5.41, 5.74) is 2.51. The number of carbonyl (C=O) groups is 1. The van der Waals surface area contributed by atoms with Gasteiger partial charge < -0.3 is 5.32 Å². The van der Waals surface area contributed by atoms with Gasteiger partial charge in [0.15, 0.2) is 0 Å². The summed E-state index contributed by atoms with van der Waals surface area (Å²) in [5, 5.41) is 7.75. The zero-order chi connectivity index (χ0) is 15.6. The highest BCUT2D eigenvalue weighted by Crippen LogP contribution is 2.21. The second-order valence-corrected chi connectivity index (χ2v) is 6.27. The van der Waals surface area contributed by atoms with Crippen molar-refractivity contribution in [3.8, 4) is 0 Å². The van der Waals surface area contributed by atoms with E-state index in [1.165, 1.54) is 12.1 Å². The maximum atomic E-state index is 12.3. The number of hydrogen-bond donors (Lipinski definition) is 2. The first-order chi connectivity index (χ1) is 9.80. The number of sulfonamides is 1. The Balaban J connectivity index is 2.40. The Morgan fingerprint density at radius 2 is 1.71 bits per heavy atom. The molecule has 5 nitrogen and oxygen atoms in total. The van der Waals surface area contributed by atoms with Gasteiger partial charge in [0, 0.05) is 5.56 Å². The molecule has 0 fully saturated rings. The molecule has 0 aromatic heterocycles. The lowest BCUT2D eigenvalue weighted by atomic mass is 10.0. The summed E-state index contributed by atoms with van der Waals surface area (Å²) < 4.78 is 23.0. The third-order valence-electron chi connectivity index (χ3n) is 3.29. The summed E-state index contributed by atoms with van der Waals surface area (Å²) in [5.74, 6) is -0.368. The molecule has 0 aliphatic rings. The van der Waals surface area contributed by atoms with E-state index in [9.17, 15) is 13.2 Å². The van der Waals surface area contributed by atoms with Crippen LogP contribution in [-0.2, 0) is 10.0 Å². The van der Waals surface area contributed by atoms with Gasteiger partial charge in [0.1, 0.15) is 4.90 Å². The fourth-order valence-corrected chi connectivity index (χ4v) is 2.70. The van der Waals surface area contributed by atoms with E-state index in [4.69, 9.17) is 5.14 Å². The molecule has 0 aliphatic carbocycles. The number of nitrogens with two attached hydrogens (primary N) is 1. The van der Waals surface area contributed by atoms with Crippen molar-refractivity contribution in [3.63, 3.8) is 0 Å². The fourth-order valence-electron chi connectivity index (χ4n) is 2.00. The SMILES string of the molecule is Cc1cccc(C(=O)Nc2ccccc2S(N)(=O)=O)c1C. The van der Waals surface area contributed by atoms with E-state index in [0.717, 1.165) is 11.1 Å². The standard InChI is InChI=1S/C15H16N2O3S/c1-10-6-5-7-12(11(10)2)15(18)17-13-8-3-4-9-14(13)21(16,19)20/h3-9H,1-2H3,(H,17,18)(H2,16,19,20). The highest BCUT2D eigenvalue weighted by Gasteiger charge is 2.17. The van der Waals surface area contributed by atoms with E-state index in [0.29, 0.717) is 5.56 Å². The van der Waals surface area contributed by atoms with Crippen molar-refractivity contribution >= 4 is 21.6 Å². The molecule has 2 rings (SSSR count). The lowest BCUT2D eigenvalue weighted by molar-refractivity contribution is 0.102. The number of para-hydroxylation sites is 1. The molecular formula is C15H16N2O3S. The predicted molar refractivity (Wildman–Crippen MR) is 81.7 cm³/mol. The van der Waals surface area contributed by atoms with Gasteiger partial charge in [-0.25, -0.2) is 13.6 Å². The van der Waals surface area contributed by atoms with Crippen molar-refractivity contribution in [2.75, 3.05) is 5.32 Å². The van der Waals surface area contributed by atoms with E-state index in [1.807, 2.05) is 19.9 Å². The molecule has 110 valence electrons. The van der Waals surface area contributed by atoms with Crippen LogP contribution in [0.4, 0.5) is 5.69 Å². The van der Waals surface area contributed by atoms with E-state index >= 15 is 0 Å². The summed E-state index contributed by atoms with van der Waals surface area (Å²) in [6.07, 6.45) is 0. The van der Waals surface area contributed by atoms with Gasteiger partial charge in [-0.2, -0.15) is 0 Å². The van der Waals surface area contributed by atoms with Crippen LogP contribution in [0.25, 0.3) is 0 Å². The Bertz CT molecular complexity index is 798. The number of rotatable bonds is 3. The normalized spacial score (nSPS) is 11.2. The van der Waals surface area contributed by atoms with E-state index in [2.05, 4.69) is 5.32 Å². The van der Waals surface area contributed by atoms with Crippen LogP contribution in [-0.4, -0.2) is 14.3 Å². The molecule has 21 heavy (non-hydrogen) atoms. The number of primary sulfonamides is 1. The van der Waals surface area contributed by atoms with Gasteiger partial charge in [-0.3, -0.25) is 4.79 Å². The van der Waals surface area contributed by atoms with Gasteiger partial charge >= 0.3 is 0 Å². The molecule has 0 spiro atoms. The minimum absolute atomic E-state index is 0.108. The number of carbonyl (C=O) groups excluding carboxylic acids is 1. The third kappa shape index (κ3) is 3.29. The van der Waals surface area contributed by atoms with Crippen LogP contribution < -0.4 is 10.5 Å². The molecule has 1 amide bonds. The molecule has 0 aliphatic heterocycles. The van der Waals surface area contributed by atoms with Crippen molar-refractivity contribution in [2.45, 2.75) is 18.7 Å².